The Bertz CT molecular complexity index is 98.6. The molecule has 0 unspecified atom stereocenters. The first-order valence-corrected chi connectivity index (χ1v) is 2.43. The normalized spacial score (nSPS) is 11.5. The predicted molar refractivity (Wildman–Crippen MR) is 29.7 cm³/mol. The minimum atomic E-state index is -0.792. The smallest absolute Gasteiger partial charge is 0.151 e. The minimum Gasteiger partial charge on any atom is -0.316 e. The van der Waals surface area contributed by atoms with Gasteiger partial charge in [-0.1, -0.05) is 0 Å². The van der Waals surface area contributed by atoms with E-state index in [0.717, 1.165) is 0 Å². The Balaban J connectivity index is 3.91. The molecule has 0 aliphatic heterocycles. The van der Waals surface area contributed by atoms with Gasteiger partial charge in [0.25, 0.3) is 0 Å². The molecule has 0 bridgehead atoms. The molecule has 0 atom stereocenters. The van der Waals surface area contributed by atoms with Crippen molar-refractivity contribution in [3.63, 3.8) is 0 Å². The summed E-state index contributed by atoms with van der Waals surface area (Å²) in [7, 11) is 0. The van der Waals surface area contributed by atoms with Crippen molar-refractivity contribution in [3.05, 3.63) is 0 Å². The zero-order valence-corrected chi connectivity index (χ0v) is 5.36. The van der Waals surface area contributed by atoms with E-state index >= 15 is 0 Å². The lowest BCUT2D eigenvalue weighted by Gasteiger charge is -2.17. The summed E-state index contributed by atoms with van der Waals surface area (Å²) in [6.07, 6.45) is 0. The number of carbonyl (C=O) groups excluding carboxylic acids is 1. The third kappa shape index (κ3) is 1.60. The van der Waals surface area contributed by atoms with Crippen molar-refractivity contribution in [1.82, 2.24) is 5.48 Å². The molecule has 0 aliphatic carbocycles. The third-order valence-corrected chi connectivity index (χ3v) is 1.16. The molecule has 0 aromatic carbocycles. The first-order chi connectivity index (χ1) is 3.50. The van der Waals surface area contributed by atoms with E-state index in [4.69, 9.17) is 5.21 Å². The van der Waals surface area contributed by atoms with Gasteiger partial charge < -0.3 is 5.21 Å². The number of hydroxylamine groups is 1. The molecular weight excluding hydrogens is 106 g/mol. The molecule has 0 amide bonds. The van der Waals surface area contributed by atoms with Gasteiger partial charge in [0.2, 0.25) is 0 Å². The van der Waals surface area contributed by atoms with Crippen molar-refractivity contribution in [2.75, 3.05) is 0 Å². The van der Waals surface area contributed by atoms with Crippen LogP contribution < -0.4 is 5.48 Å². The lowest BCUT2D eigenvalue weighted by Crippen LogP contribution is -2.43. The van der Waals surface area contributed by atoms with Crippen LogP contribution in [0.4, 0.5) is 0 Å². The lowest BCUT2D eigenvalue weighted by atomic mass is 10.0. The molecule has 8 heavy (non-hydrogen) atoms. The largest absolute Gasteiger partial charge is 0.316 e. The summed E-state index contributed by atoms with van der Waals surface area (Å²) in [5.41, 5.74) is 1.10. The molecule has 0 spiro atoms. The summed E-state index contributed by atoms with van der Waals surface area (Å²) in [6.45, 7) is 4.63. The van der Waals surface area contributed by atoms with E-state index < -0.39 is 5.54 Å². The molecule has 2 N–H and O–H groups in total. The number of ketones is 1. The van der Waals surface area contributed by atoms with Crippen LogP contribution in [0.15, 0.2) is 0 Å². The first kappa shape index (κ1) is 7.59. The first-order valence-electron chi connectivity index (χ1n) is 2.43. The van der Waals surface area contributed by atoms with Gasteiger partial charge >= 0.3 is 0 Å². The molecule has 0 radical (unpaired) electrons. The number of hydrogen-bond acceptors (Lipinski definition) is 3. The van der Waals surface area contributed by atoms with Crippen molar-refractivity contribution in [3.8, 4) is 0 Å². The second-order valence-electron chi connectivity index (χ2n) is 2.29. The fourth-order valence-corrected chi connectivity index (χ4v) is 0.0787. The lowest BCUT2D eigenvalue weighted by molar-refractivity contribution is -0.125. The van der Waals surface area contributed by atoms with Gasteiger partial charge in [0.05, 0.1) is 5.54 Å². The molecule has 0 fully saturated rings. The summed E-state index contributed by atoms with van der Waals surface area (Å²) in [5, 5.41) is 8.29. The topological polar surface area (TPSA) is 49.3 Å². The maximum Gasteiger partial charge on any atom is 0.151 e. The molecule has 0 aliphatic rings. The monoisotopic (exact) mass is 117 g/mol. The highest BCUT2D eigenvalue weighted by Gasteiger charge is 2.21. The average molecular weight is 117 g/mol. The predicted octanol–water partition coefficient (Wildman–Crippen LogP) is 0.333. The number of Topliss-reactive ketones (excluding diaryl/α,β-unsaturated/α-hetero) is 1. The summed E-state index contributed by atoms with van der Waals surface area (Å²) >= 11 is 0. The van der Waals surface area contributed by atoms with Crippen molar-refractivity contribution in [2.45, 2.75) is 26.3 Å². The van der Waals surface area contributed by atoms with Crippen molar-refractivity contribution in [2.24, 2.45) is 0 Å². The van der Waals surface area contributed by atoms with E-state index in [-0.39, 0.29) is 5.78 Å². The molecule has 3 heteroatoms. The fraction of sp³-hybridized carbons (Fsp3) is 0.800. The van der Waals surface area contributed by atoms with E-state index in [1.54, 1.807) is 13.8 Å². The Morgan fingerprint density at radius 3 is 2.00 bits per heavy atom. The molecule has 0 aromatic rings. The highest BCUT2D eigenvalue weighted by molar-refractivity contribution is 5.84. The Morgan fingerprint density at radius 1 is 1.62 bits per heavy atom. The van der Waals surface area contributed by atoms with Crippen LogP contribution in [0.5, 0.6) is 0 Å². The summed E-state index contributed by atoms with van der Waals surface area (Å²) in [4.78, 5) is 10.5. The van der Waals surface area contributed by atoms with Crippen LogP contribution >= 0.6 is 0 Å². The minimum absolute atomic E-state index is 0.0833. The molecule has 0 aromatic heterocycles. The van der Waals surface area contributed by atoms with Crippen LogP contribution in [-0.4, -0.2) is 16.5 Å². The van der Waals surface area contributed by atoms with Gasteiger partial charge in [0, 0.05) is 0 Å². The zero-order valence-electron chi connectivity index (χ0n) is 5.36. The summed E-state index contributed by atoms with van der Waals surface area (Å²) in [5.74, 6) is -0.0833. The standard InChI is InChI=1S/C5H11NO2/c1-4(7)5(2,3)6-8/h6,8H,1-3H3. The number of rotatable bonds is 2. The van der Waals surface area contributed by atoms with E-state index in [2.05, 4.69) is 0 Å². The van der Waals surface area contributed by atoms with E-state index in [1.807, 2.05) is 5.48 Å². The summed E-state index contributed by atoms with van der Waals surface area (Å²) in [6, 6.07) is 0. The van der Waals surface area contributed by atoms with E-state index in [1.165, 1.54) is 6.92 Å². The van der Waals surface area contributed by atoms with Gasteiger partial charge in [0.1, 0.15) is 0 Å². The Hall–Kier alpha value is -0.410. The molecule has 48 valence electrons. The summed E-state index contributed by atoms with van der Waals surface area (Å²) < 4.78 is 0. The van der Waals surface area contributed by atoms with Gasteiger partial charge in [-0.25, -0.2) is 0 Å². The SMILES string of the molecule is CC(=O)C(C)(C)NO. The average Bonchev–Trinajstić information content (AvgIpc) is 1.67. The fourth-order valence-electron chi connectivity index (χ4n) is 0.0787. The van der Waals surface area contributed by atoms with Crippen LogP contribution in [0.1, 0.15) is 20.8 Å². The van der Waals surface area contributed by atoms with Crippen LogP contribution in [0, 0.1) is 0 Å². The van der Waals surface area contributed by atoms with Crippen molar-refractivity contribution >= 4 is 5.78 Å². The molecule has 0 heterocycles. The number of carbonyl (C=O) groups is 1. The van der Waals surface area contributed by atoms with Gasteiger partial charge in [-0.15, -0.1) is 0 Å². The molecule has 0 saturated heterocycles. The highest BCUT2D eigenvalue weighted by Crippen LogP contribution is 1.99. The number of nitrogens with one attached hydrogen (secondary N) is 1. The maximum absolute atomic E-state index is 10.5. The Morgan fingerprint density at radius 2 is 2.00 bits per heavy atom. The van der Waals surface area contributed by atoms with Crippen LogP contribution in [0.2, 0.25) is 0 Å². The van der Waals surface area contributed by atoms with Crippen molar-refractivity contribution in [1.29, 1.82) is 0 Å². The molecular formula is C5H11NO2. The molecule has 0 rings (SSSR count). The van der Waals surface area contributed by atoms with Crippen LogP contribution in [-0.2, 0) is 4.79 Å². The second kappa shape index (κ2) is 2.24. The Kier molecular flexibility index (Phi) is 2.12. The maximum atomic E-state index is 10.5. The third-order valence-electron chi connectivity index (χ3n) is 1.16. The van der Waals surface area contributed by atoms with Gasteiger partial charge in [0.15, 0.2) is 5.78 Å². The van der Waals surface area contributed by atoms with Crippen LogP contribution in [0.25, 0.3) is 0 Å². The quantitative estimate of drug-likeness (QED) is 0.512. The van der Waals surface area contributed by atoms with Crippen molar-refractivity contribution < 1.29 is 10.0 Å². The molecule has 0 saturated carbocycles. The van der Waals surface area contributed by atoms with Gasteiger partial charge in [-0.05, 0) is 20.8 Å². The highest BCUT2D eigenvalue weighted by atomic mass is 16.5. The van der Waals surface area contributed by atoms with Gasteiger partial charge in [-0.2, -0.15) is 5.48 Å². The van der Waals surface area contributed by atoms with E-state index in [9.17, 15) is 4.79 Å². The zero-order chi connectivity index (χ0) is 6.78. The van der Waals surface area contributed by atoms with Gasteiger partial charge in [-0.3, -0.25) is 4.79 Å². The van der Waals surface area contributed by atoms with Crippen LogP contribution in [0.3, 0.4) is 0 Å². The Labute approximate surface area is 48.7 Å². The van der Waals surface area contributed by atoms with E-state index in [0.29, 0.717) is 0 Å². The second-order valence-corrected chi connectivity index (χ2v) is 2.29. The molecule has 3 nitrogen and oxygen atoms in total. The number of hydrogen-bond donors (Lipinski definition) is 2.